The molecule has 0 aromatic heterocycles. The first-order chi connectivity index (χ1) is 14.6. The molecule has 1 aromatic carbocycles. The molecule has 0 aliphatic carbocycles. The van der Waals surface area contributed by atoms with Gasteiger partial charge in [0.05, 0.1) is 32.7 Å². The molecule has 1 aliphatic heterocycles. The Kier molecular flexibility index (Phi) is 7.77. The number of allylic oxidation sites excluding steroid dienone is 3. The Balaban J connectivity index is 2.37. The highest BCUT2D eigenvalue weighted by atomic mass is 16.5. The minimum Gasteiger partial charge on any atom is -0.503 e. The van der Waals surface area contributed by atoms with E-state index >= 15 is 0 Å². The Hall–Kier alpha value is -2.95. The molecule has 0 amide bonds. The van der Waals surface area contributed by atoms with Crippen LogP contribution in [-0.4, -0.2) is 32.4 Å². The molecule has 1 heterocycles. The van der Waals surface area contributed by atoms with Gasteiger partial charge in [0.2, 0.25) is 0 Å². The number of benzene rings is 1. The molecule has 1 atom stereocenters. The Morgan fingerprint density at radius 2 is 2.00 bits per heavy atom. The van der Waals surface area contributed by atoms with Crippen molar-refractivity contribution in [3.63, 3.8) is 0 Å². The Bertz CT molecular complexity index is 902. The van der Waals surface area contributed by atoms with Crippen molar-refractivity contribution < 1.29 is 23.7 Å². The lowest BCUT2D eigenvalue weighted by atomic mass is 9.71. The van der Waals surface area contributed by atoms with E-state index in [1.54, 1.807) is 0 Å². The summed E-state index contributed by atoms with van der Waals surface area (Å²) in [4.78, 5) is 11.9. The number of rotatable bonds is 7. The largest absolute Gasteiger partial charge is 0.503 e. The third-order valence-corrected chi connectivity index (χ3v) is 5.73. The van der Waals surface area contributed by atoms with Gasteiger partial charge in [-0.15, -0.1) is 6.58 Å². The van der Waals surface area contributed by atoms with Gasteiger partial charge in [-0.25, -0.2) is 4.79 Å². The molecule has 0 unspecified atom stereocenters. The van der Waals surface area contributed by atoms with Crippen LogP contribution in [0.15, 0.2) is 60.4 Å². The van der Waals surface area contributed by atoms with Crippen LogP contribution in [0.4, 0.5) is 0 Å². The molecule has 1 aromatic rings. The summed E-state index contributed by atoms with van der Waals surface area (Å²) in [5.74, 6) is 1.09. The third kappa shape index (κ3) is 5.60. The van der Waals surface area contributed by atoms with Gasteiger partial charge in [-0.1, -0.05) is 50.3 Å². The van der Waals surface area contributed by atoms with Crippen LogP contribution in [0, 0.1) is 11.3 Å². The summed E-state index contributed by atoms with van der Waals surface area (Å²) in [5.41, 5.74) is 1.35. The maximum atomic E-state index is 11.9. The van der Waals surface area contributed by atoms with E-state index in [1.807, 2.05) is 49.4 Å². The lowest BCUT2D eigenvalue weighted by Gasteiger charge is -2.40. The average molecular weight is 427 g/mol. The predicted molar refractivity (Wildman–Crippen MR) is 124 cm³/mol. The fourth-order valence-electron chi connectivity index (χ4n) is 3.76. The van der Waals surface area contributed by atoms with Crippen molar-refractivity contribution in [1.82, 2.24) is 0 Å². The van der Waals surface area contributed by atoms with Gasteiger partial charge in [-0.3, -0.25) is 0 Å². The first-order valence-corrected chi connectivity index (χ1v) is 10.3. The molecule has 2 rings (SSSR count). The lowest BCUT2D eigenvalue weighted by Crippen LogP contribution is -2.46. The van der Waals surface area contributed by atoms with Crippen LogP contribution >= 0.6 is 0 Å². The first kappa shape index (κ1) is 24.3. The van der Waals surface area contributed by atoms with Gasteiger partial charge in [-0.05, 0) is 37.8 Å². The second-order valence-electron chi connectivity index (χ2n) is 8.74. The molecule has 0 fully saturated rings. The summed E-state index contributed by atoms with van der Waals surface area (Å²) < 4.78 is 22.5. The van der Waals surface area contributed by atoms with E-state index in [1.165, 1.54) is 20.5 Å². The van der Waals surface area contributed by atoms with E-state index in [-0.39, 0.29) is 11.3 Å². The van der Waals surface area contributed by atoms with Crippen molar-refractivity contribution in [3.8, 4) is 11.5 Å². The number of hydrogen-bond donors (Lipinski definition) is 0. The molecule has 0 saturated heterocycles. The predicted octanol–water partition coefficient (Wildman–Crippen LogP) is 5.73. The van der Waals surface area contributed by atoms with E-state index in [4.69, 9.17) is 18.9 Å². The summed E-state index contributed by atoms with van der Waals surface area (Å²) in [7, 11) is 2.83. The molecule has 5 nitrogen and oxygen atoms in total. The van der Waals surface area contributed by atoms with Crippen LogP contribution in [-0.2, 0) is 14.3 Å². The number of hydrogen-bond acceptors (Lipinski definition) is 5. The molecular weight excluding hydrogens is 392 g/mol. The van der Waals surface area contributed by atoms with Gasteiger partial charge in [0.1, 0.15) is 5.60 Å². The molecule has 1 aliphatic rings. The summed E-state index contributed by atoms with van der Waals surface area (Å²) >= 11 is 0. The fourth-order valence-corrected chi connectivity index (χ4v) is 3.76. The van der Waals surface area contributed by atoms with E-state index in [0.717, 1.165) is 11.1 Å². The summed E-state index contributed by atoms with van der Waals surface area (Å²) in [6.07, 6.45) is 8.96. The number of para-hydroxylation sites is 1. The van der Waals surface area contributed by atoms with Crippen LogP contribution in [0.25, 0.3) is 6.08 Å². The number of fused-ring (bicyclic) bond motifs is 1. The van der Waals surface area contributed by atoms with Gasteiger partial charge in [0.15, 0.2) is 11.5 Å². The summed E-state index contributed by atoms with van der Waals surface area (Å²) in [6, 6.07) is 5.84. The highest BCUT2D eigenvalue weighted by molar-refractivity contribution is 5.93. The molecule has 0 saturated carbocycles. The van der Waals surface area contributed by atoms with Gasteiger partial charge in [0, 0.05) is 11.5 Å². The third-order valence-electron chi connectivity index (χ3n) is 5.73. The van der Waals surface area contributed by atoms with Gasteiger partial charge >= 0.3 is 5.97 Å². The summed E-state index contributed by atoms with van der Waals surface area (Å²) in [6.45, 7) is 14.8. The van der Waals surface area contributed by atoms with Gasteiger partial charge < -0.3 is 18.9 Å². The monoisotopic (exact) mass is 426 g/mol. The van der Waals surface area contributed by atoms with Crippen LogP contribution in [0.3, 0.4) is 0 Å². The van der Waals surface area contributed by atoms with Crippen LogP contribution < -0.4 is 9.47 Å². The standard InChI is InChI=1S/C26H34O5/c1-9-25(3,4)22-17-30-21-15-11-14-19(23(21)31-26(22,5)6)13-10-12-18(2)20(16-28-7)24(27)29-8/h9-16,22H,1,17H2,2-8H3/b13-10+,18-12-,20-16+/t22-/m1/s1. The van der Waals surface area contributed by atoms with E-state index in [2.05, 4.69) is 34.3 Å². The fraction of sp³-hybridized carbons (Fsp3) is 0.423. The number of esters is 1. The normalized spacial score (nSPS) is 19.0. The Labute approximate surface area is 186 Å². The molecule has 168 valence electrons. The summed E-state index contributed by atoms with van der Waals surface area (Å²) in [5, 5.41) is 0. The number of carbonyl (C=O) groups is 1. The highest BCUT2D eigenvalue weighted by Crippen LogP contribution is 2.45. The number of methoxy groups -OCH3 is 2. The number of ether oxygens (including phenoxy) is 4. The van der Waals surface area contributed by atoms with Crippen molar-refractivity contribution in [2.45, 2.75) is 40.2 Å². The average Bonchev–Trinajstić information content (AvgIpc) is 2.86. The SMILES string of the molecule is C=CC(C)(C)[C@H]1COc2cccc(/C=C/C=C(C)\C(=C/OC)C(=O)OC)c2OC1(C)C. The highest BCUT2D eigenvalue weighted by Gasteiger charge is 2.44. The molecule has 5 heteroatoms. The maximum Gasteiger partial charge on any atom is 0.341 e. The molecule has 0 radical (unpaired) electrons. The quantitative estimate of drug-likeness (QED) is 0.183. The zero-order valence-electron chi connectivity index (χ0n) is 19.7. The zero-order chi connectivity index (χ0) is 23.2. The molecule has 0 spiro atoms. The van der Waals surface area contributed by atoms with Crippen LogP contribution in [0.1, 0.15) is 40.2 Å². The first-order valence-electron chi connectivity index (χ1n) is 10.3. The molecular formula is C26H34O5. The Morgan fingerprint density at radius 3 is 2.61 bits per heavy atom. The zero-order valence-corrected chi connectivity index (χ0v) is 19.7. The maximum absolute atomic E-state index is 11.9. The van der Waals surface area contributed by atoms with Crippen molar-refractivity contribution >= 4 is 12.0 Å². The molecule has 0 bridgehead atoms. The van der Waals surface area contributed by atoms with Crippen molar-refractivity contribution in [1.29, 1.82) is 0 Å². The minimum atomic E-state index is -0.460. The molecule has 31 heavy (non-hydrogen) atoms. The van der Waals surface area contributed by atoms with Gasteiger partial charge in [-0.2, -0.15) is 0 Å². The second-order valence-corrected chi connectivity index (χ2v) is 8.74. The second kappa shape index (κ2) is 9.90. The van der Waals surface area contributed by atoms with E-state index < -0.39 is 11.6 Å². The Morgan fingerprint density at radius 1 is 1.29 bits per heavy atom. The smallest absolute Gasteiger partial charge is 0.341 e. The lowest BCUT2D eigenvalue weighted by molar-refractivity contribution is -0.135. The topological polar surface area (TPSA) is 54.0 Å². The number of carbonyl (C=O) groups excluding carboxylic acids is 1. The van der Waals surface area contributed by atoms with Crippen LogP contribution in [0.5, 0.6) is 11.5 Å². The van der Waals surface area contributed by atoms with E-state index in [9.17, 15) is 4.79 Å². The van der Waals surface area contributed by atoms with Crippen molar-refractivity contribution in [2.75, 3.05) is 20.8 Å². The van der Waals surface area contributed by atoms with E-state index in [0.29, 0.717) is 23.7 Å². The van der Waals surface area contributed by atoms with Crippen molar-refractivity contribution in [2.24, 2.45) is 11.3 Å². The van der Waals surface area contributed by atoms with Gasteiger partial charge in [0.25, 0.3) is 0 Å². The minimum absolute atomic E-state index is 0.116. The van der Waals surface area contributed by atoms with Crippen molar-refractivity contribution in [3.05, 3.63) is 66.0 Å². The molecule has 0 N–H and O–H groups in total. The van der Waals surface area contributed by atoms with Crippen LogP contribution in [0.2, 0.25) is 0 Å².